The molecule has 0 bridgehead atoms. The molecule has 0 aromatic carbocycles. The molecule has 1 aromatic rings. The number of nitrogen functional groups attached to an aromatic ring is 1. The third kappa shape index (κ3) is 2.11. The highest BCUT2D eigenvalue weighted by Gasteiger charge is 2.23. The van der Waals surface area contributed by atoms with Gasteiger partial charge in [-0.3, -0.25) is 4.79 Å². The number of anilines is 1. The monoisotopic (exact) mass is 222 g/mol. The van der Waals surface area contributed by atoms with Crippen LogP contribution in [-0.2, 0) is 4.74 Å². The Labute approximate surface area is 95.0 Å². The van der Waals surface area contributed by atoms with Gasteiger partial charge in [0.05, 0.1) is 11.8 Å². The molecule has 2 atom stereocenters. The van der Waals surface area contributed by atoms with Crippen LogP contribution in [0.25, 0.3) is 0 Å². The van der Waals surface area contributed by atoms with Crippen LogP contribution in [0.15, 0.2) is 23.1 Å². The van der Waals surface area contributed by atoms with E-state index in [4.69, 9.17) is 10.5 Å². The van der Waals surface area contributed by atoms with E-state index in [0.717, 1.165) is 25.7 Å². The Bertz CT molecular complexity index is 414. The topological polar surface area (TPSA) is 57.2 Å². The summed E-state index contributed by atoms with van der Waals surface area (Å²) in [7, 11) is 1.73. The summed E-state index contributed by atoms with van der Waals surface area (Å²) in [5.74, 6) is 0. The summed E-state index contributed by atoms with van der Waals surface area (Å²) in [4.78, 5) is 11.9. The number of methoxy groups -OCH3 is 1. The van der Waals surface area contributed by atoms with E-state index < -0.39 is 0 Å². The molecule has 0 saturated heterocycles. The van der Waals surface area contributed by atoms with Crippen molar-refractivity contribution in [3.8, 4) is 0 Å². The van der Waals surface area contributed by atoms with E-state index in [1.54, 1.807) is 17.7 Å². The maximum absolute atomic E-state index is 11.9. The minimum absolute atomic E-state index is 0.0794. The highest BCUT2D eigenvalue weighted by molar-refractivity contribution is 5.33. The van der Waals surface area contributed by atoms with E-state index in [0.29, 0.717) is 5.69 Å². The standard InChI is InChI=1S/C12H18N2O2/c1-16-10-5-2-4-9(8-10)14-7-3-6-11(13)12(14)15/h3,6-7,9-10H,2,4-5,8,13H2,1H3/t9-,10+/m0/s1. The first-order chi connectivity index (χ1) is 7.72. The summed E-state index contributed by atoms with van der Waals surface area (Å²) >= 11 is 0. The van der Waals surface area contributed by atoms with Crippen LogP contribution in [0.3, 0.4) is 0 Å². The van der Waals surface area contributed by atoms with E-state index in [1.807, 2.05) is 12.3 Å². The molecule has 0 spiro atoms. The average Bonchev–Trinajstić information content (AvgIpc) is 2.33. The number of aromatic nitrogens is 1. The lowest BCUT2D eigenvalue weighted by atomic mass is 9.92. The van der Waals surface area contributed by atoms with Crippen LogP contribution < -0.4 is 11.3 Å². The third-order valence-corrected chi connectivity index (χ3v) is 3.33. The largest absolute Gasteiger partial charge is 0.394 e. The first kappa shape index (κ1) is 11.2. The minimum atomic E-state index is -0.0794. The van der Waals surface area contributed by atoms with Crippen molar-refractivity contribution in [3.63, 3.8) is 0 Å². The van der Waals surface area contributed by atoms with Crippen LogP contribution in [-0.4, -0.2) is 17.8 Å². The van der Waals surface area contributed by atoms with E-state index in [-0.39, 0.29) is 17.7 Å². The number of hydrogen-bond donors (Lipinski definition) is 1. The van der Waals surface area contributed by atoms with E-state index in [9.17, 15) is 4.79 Å². The molecule has 2 N–H and O–H groups in total. The molecular weight excluding hydrogens is 204 g/mol. The predicted octanol–water partition coefficient (Wildman–Crippen LogP) is 1.56. The summed E-state index contributed by atoms with van der Waals surface area (Å²) < 4.78 is 7.12. The fraction of sp³-hybridized carbons (Fsp3) is 0.583. The van der Waals surface area contributed by atoms with Crippen LogP contribution in [0.2, 0.25) is 0 Å². The van der Waals surface area contributed by atoms with Gasteiger partial charge < -0.3 is 15.0 Å². The Morgan fingerprint density at radius 3 is 3.06 bits per heavy atom. The molecule has 16 heavy (non-hydrogen) atoms. The van der Waals surface area contributed by atoms with Gasteiger partial charge in [0.25, 0.3) is 5.56 Å². The molecule has 4 heteroatoms. The summed E-state index contributed by atoms with van der Waals surface area (Å²) in [5, 5.41) is 0. The van der Waals surface area contributed by atoms with Crippen molar-refractivity contribution in [3.05, 3.63) is 28.7 Å². The maximum Gasteiger partial charge on any atom is 0.273 e. The lowest BCUT2D eigenvalue weighted by Gasteiger charge is -2.29. The summed E-state index contributed by atoms with van der Waals surface area (Å²) in [6.45, 7) is 0. The maximum atomic E-state index is 11.9. The Morgan fingerprint density at radius 2 is 2.31 bits per heavy atom. The molecule has 2 rings (SSSR count). The van der Waals surface area contributed by atoms with Gasteiger partial charge >= 0.3 is 0 Å². The van der Waals surface area contributed by atoms with Gasteiger partial charge in [-0.05, 0) is 37.8 Å². The van der Waals surface area contributed by atoms with E-state index in [2.05, 4.69) is 0 Å². The highest BCUT2D eigenvalue weighted by Crippen LogP contribution is 2.28. The average molecular weight is 222 g/mol. The molecule has 0 amide bonds. The first-order valence-corrected chi connectivity index (χ1v) is 5.72. The molecule has 4 nitrogen and oxygen atoms in total. The fourth-order valence-electron chi connectivity index (χ4n) is 2.40. The fourth-order valence-corrected chi connectivity index (χ4v) is 2.40. The molecule has 0 aliphatic heterocycles. The number of ether oxygens (including phenoxy) is 1. The Hall–Kier alpha value is -1.29. The van der Waals surface area contributed by atoms with Crippen LogP contribution in [0.4, 0.5) is 5.69 Å². The molecule has 1 aromatic heterocycles. The summed E-state index contributed by atoms with van der Waals surface area (Å²) in [6.07, 6.45) is 6.21. The molecular formula is C12H18N2O2. The van der Waals surface area contributed by atoms with Gasteiger partial charge in [0.15, 0.2) is 0 Å². The van der Waals surface area contributed by atoms with Crippen molar-refractivity contribution in [2.24, 2.45) is 0 Å². The van der Waals surface area contributed by atoms with Gasteiger partial charge in [-0.25, -0.2) is 0 Å². The summed E-state index contributed by atoms with van der Waals surface area (Å²) in [6, 6.07) is 3.71. The van der Waals surface area contributed by atoms with Gasteiger partial charge in [-0.15, -0.1) is 0 Å². The Balaban J connectivity index is 2.23. The van der Waals surface area contributed by atoms with Crippen molar-refractivity contribution in [1.82, 2.24) is 4.57 Å². The van der Waals surface area contributed by atoms with Crippen LogP contribution in [0, 0.1) is 0 Å². The van der Waals surface area contributed by atoms with Crippen LogP contribution in [0.5, 0.6) is 0 Å². The summed E-state index contributed by atoms with van der Waals surface area (Å²) in [5.41, 5.74) is 5.87. The van der Waals surface area contributed by atoms with Gasteiger partial charge in [0.1, 0.15) is 0 Å². The lowest BCUT2D eigenvalue weighted by Crippen LogP contribution is -2.31. The molecule has 1 saturated carbocycles. The van der Waals surface area contributed by atoms with Crippen molar-refractivity contribution < 1.29 is 4.74 Å². The number of nitrogens with zero attached hydrogens (tertiary/aromatic N) is 1. The quantitative estimate of drug-likeness (QED) is 0.826. The van der Waals surface area contributed by atoms with Crippen LogP contribution in [0.1, 0.15) is 31.7 Å². The number of hydrogen-bond acceptors (Lipinski definition) is 3. The minimum Gasteiger partial charge on any atom is -0.394 e. The SMILES string of the molecule is CO[C@@H]1CCC[C@H](n2cccc(N)c2=O)C1. The smallest absolute Gasteiger partial charge is 0.273 e. The Kier molecular flexibility index (Phi) is 3.29. The second-order valence-corrected chi connectivity index (χ2v) is 4.35. The number of nitrogens with two attached hydrogens (primary N) is 1. The van der Waals surface area contributed by atoms with Crippen LogP contribution >= 0.6 is 0 Å². The zero-order valence-corrected chi connectivity index (χ0v) is 9.56. The van der Waals surface area contributed by atoms with Gasteiger partial charge in [-0.2, -0.15) is 0 Å². The molecule has 88 valence electrons. The molecule has 1 heterocycles. The normalized spacial score (nSPS) is 25.6. The zero-order chi connectivity index (χ0) is 11.5. The second-order valence-electron chi connectivity index (χ2n) is 4.35. The molecule has 1 aliphatic rings. The van der Waals surface area contributed by atoms with Crippen molar-refractivity contribution in [2.75, 3.05) is 12.8 Å². The molecule has 0 unspecified atom stereocenters. The van der Waals surface area contributed by atoms with Gasteiger partial charge in [-0.1, -0.05) is 0 Å². The van der Waals surface area contributed by atoms with Crippen molar-refractivity contribution in [2.45, 2.75) is 37.8 Å². The molecule has 1 fully saturated rings. The lowest BCUT2D eigenvalue weighted by molar-refractivity contribution is 0.0525. The third-order valence-electron chi connectivity index (χ3n) is 3.33. The Morgan fingerprint density at radius 1 is 1.50 bits per heavy atom. The van der Waals surface area contributed by atoms with Gasteiger partial charge in [0, 0.05) is 19.3 Å². The predicted molar refractivity (Wildman–Crippen MR) is 63.4 cm³/mol. The van der Waals surface area contributed by atoms with Gasteiger partial charge in [0.2, 0.25) is 0 Å². The second kappa shape index (κ2) is 4.70. The van der Waals surface area contributed by atoms with Crippen molar-refractivity contribution in [1.29, 1.82) is 0 Å². The van der Waals surface area contributed by atoms with Crippen molar-refractivity contribution >= 4 is 5.69 Å². The zero-order valence-electron chi connectivity index (χ0n) is 9.56. The number of rotatable bonds is 2. The molecule has 1 aliphatic carbocycles. The highest BCUT2D eigenvalue weighted by atomic mass is 16.5. The first-order valence-electron chi connectivity index (χ1n) is 5.72. The molecule has 0 radical (unpaired) electrons. The number of pyridine rings is 1. The van der Waals surface area contributed by atoms with E-state index >= 15 is 0 Å². The van der Waals surface area contributed by atoms with E-state index in [1.165, 1.54) is 0 Å².